The van der Waals surface area contributed by atoms with E-state index in [-0.39, 0.29) is 18.7 Å². The molecule has 0 unspecified atom stereocenters. The third-order valence-electron chi connectivity index (χ3n) is 3.85. The second kappa shape index (κ2) is 6.06. The Bertz CT molecular complexity index is 579. The fourth-order valence-electron chi connectivity index (χ4n) is 2.79. The number of rotatable bonds is 3. The van der Waals surface area contributed by atoms with Gasteiger partial charge in [-0.05, 0) is 31.5 Å². The van der Waals surface area contributed by atoms with E-state index < -0.39 is 0 Å². The lowest BCUT2D eigenvalue weighted by Gasteiger charge is -2.33. The molecule has 1 saturated heterocycles. The monoisotopic (exact) mass is 286 g/mol. The maximum atomic E-state index is 12.5. The smallest absolute Gasteiger partial charge is 0.241 e. The first kappa shape index (κ1) is 13.8. The fourth-order valence-corrected chi connectivity index (χ4v) is 2.79. The Hall–Kier alpha value is -2.19. The lowest BCUT2D eigenvalue weighted by molar-refractivity contribution is -0.122. The van der Waals surface area contributed by atoms with Crippen LogP contribution >= 0.6 is 0 Å². The largest absolute Gasteiger partial charge is 0.454 e. The highest BCUT2D eigenvalue weighted by atomic mass is 16.7. The highest BCUT2D eigenvalue weighted by Gasteiger charge is 2.28. The molecule has 1 fully saturated rings. The number of terminal acetylenes is 1. The number of fused-ring (bicyclic) bond motifs is 1. The molecule has 2 aliphatic heterocycles. The van der Waals surface area contributed by atoms with Crippen molar-refractivity contribution in [3.05, 3.63) is 18.2 Å². The number of carbonyl (C=O) groups excluding carboxylic acids is 1. The Kier molecular flexibility index (Phi) is 3.98. The molecule has 110 valence electrons. The van der Waals surface area contributed by atoms with Gasteiger partial charge >= 0.3 is 0 Å². The van der Waals surface area contributed by atoms with Gasteiger partial charge in [-0.15, -0.1) is 6.42 Å². The van der Waals surface area contributed by atoms with Crippen LogP contribution < -0.4 is 14.8 Å². The molecule has 0 aromatic heterocycles. The highest BCUT2D eigenvalue weighted by molar-refractivity contribution is 5.95. The van der Waals surface area contributed by atoms with Crippen LogP contribution in [0.25, 0.3) is 0 Å². The van der Waals surface area contributed by atoms with Gasteiger partial charge in [0, 0.05) is 11.8 Å². The van der Waals surface area contributed by atoms with Crippen LogP contribution in [0.2, 0.25) is 0 Å². The molecule has 0 aliphatic carbocycles. The molecule has 0 saturated carbocycles. The van der Waals surface area contributed by atoms with Crippen molar-refractivity contribution in [2.24, 2.45) is 0 Å². The first-order valence-electron chi connectivity index (χ1n) is 7.16. The van der Waals surface area contributed by atoms with Gasteiger partial charge in [-0.25, -0.2) is 0 Å². The van der Waals surface area contributed by atoms with E-state index in [0.717, 1.165) is 31.5 Å². The SMILES string of the molecule is C#CCN1CCCC[C@@H]1C(=O)Nc1ccc2c(c1)OCO2. The Morgan fingerprint density at radius 3 is 3.10 bits per heavy atom. The first-order valence-corrected chi connectivity index (χ1v) is 7.16. The predicted molar refractivity (Wildman–Crippen MR) is 79.2 cm³/mol. The normalized spacial score (nSPS) is 20.8. The quantitative estimate of drug-likeness (QED) is 0.862. The van der Waals surface area contributed by atoms with Crippen LogP contribution in [0.5, 0.6) is 11.5 Å². The van der Waals surface area contributed by atoms with Gasteiger partial charge in [0.05, 0.1) is 12.6 Å². The van der Waals surface area contributed by atoms with E-state index in [2.05, 4.69) is 16.1 Å². The van der Waals surface area contributed by atoms with Crippen molar-refractivity contribution in [2.45, 2.75) is 25.3 Å². The zero-order chi connectivity index (χ0) is 14.7. The molecule has 5 heteroatoms. The number of nitrogens with one attached hydrogen (secondary N) is 1. The number of anilines is 1. The molecule has 3 rings (SSSR count). The van der Waals surface area contributed by atoms with Crippen molar-refractivity contribution in [1.29, 1.82) is 0 Å². The van der Waals surface area contributed by atoms with Gasteiger partial charge in [0.25, 0.3) is 0 Å². The molecule has 1 aromatic carbocycles. The number of amides is 1. The molecule has 1 atom stereocenters. The highest BCUT2D eigenvalue weighted by Crippen LogP contribution is 2.34. The summed E-state index contributed by atoms with van der Waals surface area (Å²) in [4.78, 5) is 14.5. The van der Waals surface area contributed by atoms with E-state index in [0.29, 0.717) is 18.0 Å². The number of hydrogen-bond acceptors (Lipinski definition) is 4. The molecule has 2 heterocycles. The summed E-state index contributed by atoms with van der Waals surface area (Å²) in [5, 5.41) is 2.94. The van der Waals surface area contributed by atoms with Crippen molar-refractivity contribution in [3.8, 4) is 23.8 Å². The summed E-state index contributed by atoms with van der Waals surface area (Å²) in [6.07, 6.45) is 8.38. The maximum Gasteiger partial charge on any atom is 0.241 e. The minimum atomic E-state index is -0.153. The van der Waals surface area contributed by atoms with E-state index in [4.69, 9.17) is 15.9 Å². The van der Waals surface area contributed by atoms with E-state index in [9.17, 15) is 4.79 Å². The Labute approximate surface area is 124 Å². The summed E-state index contributed by atoms with van der Waals surface area (Å²) in [6, 6.07) is 5.26. The molecule has 1 N–H and O–H groups in total. The Balaban J connectivity index is 1.69. The summed E-state index contributed by atoms with van der Waals surface area (Å²) in [6.45, 7) is 1.62. The summed E-state index contributed by atoms with van der Waals surface area (Å²) >= 11 is 0. The second-order valence-electron chi connectivity index (χ2n) is 5.24. The Morgan fingerprint density at radius 2 is 2.24 bits per heavy atom. The van der Waals surface area contributed by atoms with Crippen LogP contribution in [0.15, 0.2) is 18.2 Å². The number of piperidine rings is 1. The third kappa shape index (κ3) is 2.96. The summed E-state index contributed by atoms with van der Waals surface area (Å²) < 4.78 is 10.6. The molecule has 5 nitrogen and oxygen atoms in total. The van der Waals surface area contributed by atoms with Gasteiger partial charge < -0.3 is 14.8 Å². The minimum Gasteiger partial charge on any atom is -0.454 e. The van der Waals surface area contributed by atoms with Crippen molar-refractivity contribution in [2.75, 3.05) is 25.2 Å². The van der Waals surface area contributed by atoms with Gasteiger partial charge in [0.2, 0.25) is 12.7 Å². The topological polar surface area (TPSA) is 50.8 Å². The van der Waals surface area contributed by atoms with Crippen LogP contribution in [-0.2, 0) is 4.79 Å². The van der Waals surface area contributed by atoms with Crippen molar-refractivity contribution >= 4 is 11.6 Å². The molecular formula is C16H18N2O3. The van der Waals surface area contributed by atoms with Crippen LogP contribution in [0, 0.1) is 12.3 Å². The number of benzene rings is 1. The number of carbonyl (C=O) groups is 1. The van der Waals surface area contributed by atoms with Gasteiger partial charge in [-0.1, -0.05) is 12.3 Å². The molecule has 2 aliphatic rings. The van der Waals surface area contributed by atoms with Crippen molar-refractivity contribution in [1.82, 2.24) is 4.90 Å². The average molecular weight is 286 g/mol. The van der Waals surface area contributed by atoms with E-state index in [1.165, 1.54) is 0 Å². The van der Waals surface area contributed by atoms with Gasteiger partial charge in [0.1, 0.15) is 0 Å². The van der Waals surface area contributed by atoms with Crippen LogP contribution in [0.1, 0.15) is 19.3 Å². The van der Waals surface area contributed by atoms with E-state index in [1.54, 1.807) is 12.1 Å². The number of ether oxygens (including phenoxy) is 2. The average Bonchev–Trinajstić information content (AvgIpc) is 2.95. The molecule has 0 spiro atoms. The standard InChI is InChI=1S/C16H18N2O3/c1-2-8-18-9-4-3-5-13(18)16(19)17-12-6-7-14-15(10-12)21-11-20-14/h1,6-7,10,13H,3-5,8-9,11H2,(H,17,19)/t13-/m1/s1. The zero-order valence-electron chi connectivity index (χ0n) is 11.8. The summed E-state index contributed by atoms with van der Waals surface area (Å²) in [7, 11) is 0. The molecule has 21 heavy (non-hydrogen) atoms. The number of likely N-dealkylation sites (tertiary alicyclic amines) is 1. The van der Waals surface area contributed by atoms with Crippen LogP contribution in [0.4, 0.5) is 5.69 Å². The first-order chi connectivity index (χ1) is 10.3. The number of hydrogen-bond donors (Lipinski definition) is 1. The number of nitrogens with zero attached hydrogens (tertiary/aromatic N) is 1. The molecular weight excluding hydrogens is 268 g/mol. The lowest BCUT2D eigenvalue weighted by atomic mass is 10.0. The molecule has 0 bridgehead atoms. The molecule has 1 aromatic rings. The molecule has 0 radical (unpaired) electrons. The second-order valence-corrected chi connectivity index (χ2v) is 5.24. The Morgan fingerprint density at radius 1 is 1.38 bits per heavy atom. The third-order valence-corrected chi connectivity index (χ3v) is 3.85. The van der Waals surface area contributed by atoms with Gasteiger partial charge in [-0.3, -0.25) is 9.69 Å². The minimum absolute atomic E-state index is 0.0104. The summed E-state index contributed by atoms with van der Waals surface area (Å²) in [5.41, 5.74) is 0.718. The predicted octanol–water partition coefficient (Wildman–Crippen LogP) is 1.84. The molecule has 1 amide bonds. The van der Waals surface area contributed by atoms with E-state index in [1.807, 2.05) is 6.07 Å². The van der Waals surface area contributed by atoms with Crippen LogP contribution in [0.3, 0.4) is 0 Å². The van der Waals surface area contributed by atoms with Crippen molar-refractivity contribution in [3.63, 3.8) is 0 Å². The van der Waals surface area contributed by atoms with Gasteiger partial charge in [-0.2, -0.15) is 0 Å². The van der Waals surface area contributed by atoms with Crippen LogP contribution in [-0.4, -0.2) is 36.7 Å². The lowest BCUT2D eigenvalue weighted by Crippen LogP contribution is -2.47. The van der Waals surface area contributed by atoms with E-state index >= 15 is 0 Å². The maximum absolute atomic E-state index is 12.5. The van der Waals surface area contributed by atoms with Crippen molar-refractivity contribution < 1.29 is 14.3 Å². The summed E-state index contributed by atoms with van der Waals surface area (Å²) in [5.74, 6) is 3.99. The zero-order valence-corrected chi connectivity index (χ0v) is 11.8. The fraction of sp³-hybridized carbons (Fsp3) is 0.438. The van der Waals surface area contributed by atoms with Gasteiger partial charge in [0.15, 0.2) is 11.5 Å².